The molecule has 4 aromatic rings. The van der Waals surface area contributed by atoms with Gasteiger partial charge >= 0.3 is 0 Å². The van der Waals surface area contributed by atoms with Gasteiger partial charge in [0.05, 0.1) is 16.3 Å². The van der Waals surface area contributed by atoms with E-state index in [0.29, 0.717) is 33.6 Å². The van der Waals surface area contributed by atoms with Crippen molar-refractivity contribution >= 4 is 38.9 Å². The maximum Gasteiger partial charge on any atom is 0.262 e. The van der Waals surface area contributed by atoms with Gasteiger partial charge in [0.25, 0.3) is 15.9 Å². The van der Waals surface area contributed by atoms with E-state index in [4.69, 9.17) is 21.1 Å². The van der Waals surface area contributed by atoms with Crippen LogP contribution < -0.4 is 19.5 Å². The second kappa shape index (κ2) is 11.4. The average Bonchev–Trinajstić information content (AvgIpc) is 2.87. The van der Waals surface area contributed by atoms with E-state index < -0.39 is 15.9 Å². The highest BCUT2D eigenvalue weighted by atomic mass is 35.5. The molecule has 1 amide bonds. The largest absolute Gasteiger partial charge is 0.484 e. The molecular formula is C28H25ClN2O5S. The Morgan fingerprint density at radius 3 is 2.30 bits per heavy atom. The van der Waals surface area contributed by atoms with Gasteiger partial charge in [0.1, 0.15) is 11.5 Å². The SMILES string of the molecule is Cc1ccc(C)c(NS(=O)(=O)c2ccc(OCC(=O)Nc3cc(Cl)ccc3Oc3ccccc3)cc2)c1. The summed E-state index contributed by atoms with van der Waals surface area (Å²) in [6.45, 7) is 3.42. The first-order valence-electron chi connectivity index (χ1n) is 11.3. The molecule has 0 aliphatic heterocycles. The number of para-hydroxylation sites is 1. The lowest BCUT2D eigenvalue weighted by Gasteiger charge is -2.14. The van der Waals surface area contributed by atoms with Crippen molar-refractivity contribution in [3.05, 3.63) is 107 Å². The number of carbonyl (C=O) groups excluding carboxylic acids is 1. The average molecular weight is 537 g/mol. The van der Waals surface area contributed by atoms with Crippen LogP contribution in [0.25, 0.3) is 0 Å². The molecule has 0 saturated carbocycles. The second-order valence-electron chi connectivity index (χ2n) is 8.29. The fourth-order valence-corrected chi connectivity index (χ4v) is 4.70. The quantitative estimate of drug-likeness (QED) is 0.252. The zero-order valence-electron chi connectivity index (χ0n) is 20.2. The van der Waals surface area contributed by atoms with Crippen LogP contribution in [0.5, 0.6) is 17.2 Å². The van der Waals surface area contributed by atoms with Crippen molar-refractivity contribution in [3.8, 4) is 17.2 Å². The minimum absolute atomic E-state index is 0.0758. The first-order valence-corrected chi connectivity index (χ1v) is 13.2. The number of benzene rings is 4. The predicted octanol–water partition coefficient (Wildman–Crippen LogP) is 6.57. The summed E-state index contributed by atoms with van der Waals surface area (Å²) in [6, 6.07) is 25.4. The summed E-state index contributed by atoms with van der Waals surface area (Å²) in [4.78, 5) is 12.6. The highest BCUT2D eigenvalue weighted by Crippen LogP contribution is 2.32. The molecule has 0 atom stereocenters. The Kier molecular flexibility index (Phi) is 8.01. The van der Waals surface area contributed by atoms with Crippen molar-refractivity contribution in [2.24, 2.45) is 0 Å². The molecule has 2 N–H and O–H groups in total. The summed E-state index contributed by atoms with van der Waals surface area (Å²) < 4.78 is 39.6. The van der Waals surface area contributed by atoms with Crippen molar-refractivity contribution in [3.63, 3.8) is 0 Å². The van der Waals surface area contributed by atoms with E-state index in [9.17, 15) is 13.2 Å². The molecule has 0 radical (unpaired) electrons. The summed E-state index contributed by atoms with van der Waals surface area (Å²) in [6.07, 6.45) is 0. The molecule has 0 aromatic heterocycles. The van der Waals surface area contributed by atoms with Gasteiger partial charge in [-0.05, 0) is 85.6 Å². The Labute approximate surface area is 221 Å². The molecule has 9 heteroatoms. The van der Waals surface area contributed by atoms with E-state index in [-0.39, 0.29) is 11.5 Å². The lowest BCUT2D eigenvalue weighted by Crippen LogP contribution is -2.20. The maximum absolute atomic E-state index is 12.8. The van der Waals surface area contributed by atoms with Gasteiger partial charge in [-0.15, -0.1) is 0 Å². The minimum atomic E-state index is -3.79. The lowest BCUT2D eigenvalue weighted by atomic mass is 10.1. The molecule has 0 aliphatic rings. The molecule has 4 rings (SSSR count). The number of rotatable bonds is 9. The molecule has 7 nitrogen and oxygen atoms in total. The summed E-state index contributed by atoms with van der Waals surface area (Å²) in [5, 5.41) is 3.17. The van der Waals surface area contributed by atoms with Crippen molar-refractivity contribution in [2.75, 3.05) is 16.6 Å². The Bertz CT molecular complexity index is 1510. The number of amides is 1. The first-order chi connectivity index (χ1) is 17.7. The van der Waals surface area contributed by atoms with Crippen LogP contribution in [0.3, 0.4) is 0 Å². The number of nitrogens with one attached hydrogen (secondary N) is 2. The van der Waals surface area contributed by atoms with Gasteiger partial charge in [-0.1, -0.05) is 41.9 Å². The van der Waals surface area contributed by atoms with Crippen LogP contribution in [-0.4, -0.2) is 20.9 Å². The molecular weight excluding hydrogens is 512 g/mol. The van der Waals surface area contributed by atoms with E-state index in [0.717, 1.165) is 11.1 Å². The predicted molar refractivity (Wildman–Crippen MR) is 145 cm³/mol. The number of aryl methyl sites for hydroxylation is 2. The summed E-state index contributed by atoms with van der Waals surface area (Å²) in [5.74, 6) is 0.940. The van der Waals surface area contributed by atoms with Crippen molar-refractivity contribution in [1.29, 1.82) is 0 Å². The third-order valence-corrected chi connectivity index (χ3v) is 6.94. The van der Waals surface area contributed by atoms with Crippen LogP contribution in [0.4, 0.5) is 11.4 Å². The summed E-state index contributed by atoms with van der Waals surface area (Å²) in [7, 11) is -3.79. The highest BCUT2D eigenvalue weighted by molar-refractivity contribution is 7.92. The van der Waals surface area contributed by atoms with Crippen molar-refractivity contribution in [1.82, 2.24) is 0 Å². The normalized spacial score (nSPS) is 11.0. The van der Waals surface area contributed by atoms with E-state index in [1.54, 1.807) is 36.4 Å². The van der Waals surface area contributed by atoms with Crippen LogP contribution in [0.2, 0.25) is 5.02 Å². The zero-order chi connectivity index (χ0) is 26.4. The third kappa shape index (κ3) is 7.03. The Hall–Kier alpha value is -4.01. The molecule has 0 spiro atoms. The molecule has 0 aliphatic carbocycles. The Balaban J connectivity index is 1.38. The Morgan fingerprint density at radius 2 is 1.57 bits per heavy atom. The van der Waals surface area contributed by atoms with Gasteiger partial charge in [0.2, 0.25) is 0 Å². The fourth-order valence-electron chi connectivity index (χ4n) is 3.40. The van der Waals surface area contributed by atoms with Crippen LogP contribution >= 0.6 is 11.6 Å². The third-order valence-electron chi connectivity index (χ3n) is 5.33. The molecule has 190 valence electrons. The van der Waals surface area contributed by atoms with E-state index in [2.05, 4.69) is 10.0 Å². The zero-order valence-corrected chi connectivity index (χ0v) is 21.8. The topological polar surface area (TPSA) is 93.7 Å². The number of halogens is 1. The molecule has 0 fully saturated rings. The molecule has 4 aromatic carbocycles. The molecule has 37 heavy (non-hydrogen) atoms. The van der Waals surface area contributed by atoms with Gasteiger partial charge < -0.3 is 14.8 Å². The van der Waals surface area contributed by atoms with Gasteiger partial charge in [-0.3, -0.25) is 9.52 Å². The summed E-state index contributed by atoms with van der Waals surface area (Å²) in [5.41, 5.74) is 2.68. The van der Waals surface area contributed by atoms with Gasteiger partial charge in [-0.2, -0.15) is 0 Å². The molecule has 0 heterocycles. The smallest absolute Gasteiger partial charge is 0.262 e. The lowest BCUT2D eigenvalue weighted by molar-refractivity contribution is -0.118. The van der Waals surface area contributed by atoms with Crippen molar-refractivity contribution < 1.29 is 22.7 Å². The molecule has 0 saturated heterocycles. The molecule has 0 unspecified atom stereocenters. The van der Waals surface area contributed by atoms with Crippen molar-refractivity contribution in [2.45, 2.75) is 18.7 Å². The second-order valence-corrected chi connectivity index (χ2v) is 10.4. The minimum Gasteiger partial charge on any atom is -0.484 e. The van der Waals surface area contributed by atoms with Gasteiger partial charge in [-0.25, -0.2) is 8.42 Å². The van der Waals surface area contributed by atoms with Crippen LogP contribution in [0, 0.1) is 13.8 Å². The number of carbonyl (C=O) groups is 1. The molecule has 0 bridgehead atoms. The van der Waals surface area contributed by atoms with Gasteiger partial charge in [0.15, 0.2) is 12.4 Å². The monoisotopic (exact) mass is 536 g/mol. The number of anilines is 2. The van der Waals surface area contributed by atoms with E-state index in [1.165, 1.54) is 24.3 Å². The van der Waals surface area contributed by atoms with Crippen LogP contribution in [0.1, 0.15) is 11.1 Å². The number of hydrogen-bond acceptors (Lipinski definition) is 5. The fraction of sp³-hybridized carbons (Fsp3) is 0.107. The first kappa shape index (κ1) is 26.1. The number of hydrogen-bond donors (Lipinski definition) is 2. The van der Waals surface area contributed by atoms with Crippen LogP contribution in [0.15, 0.2) is 95.9 Å². The van der Waals surface area contributed by atoms with Crippen LogP contribution in [-0.2, 0) is 14.8 Å². The van der Waals surface area contributed by atoms with E-state index >= 15 is 0 Å². The number of sulfonamides is 1. The van der Waals surface area contributed by atoms with Gasteiger partial charge in [0, 0.05) is 5.02 Å². The highest BCUT2D eigenvalue weighted by Gasteiger charge is 2.16. The Morgan fingerprint density at radius 1 is 0.838 bits per heavy atom. The number of ether oxygens (including phenoxy) is 2. The standard InChI is InChI=1S/C28H25ClN2O5S/c1-19-8-9-20(2)25(16-19)31-37(33,34)24-13-11-22(12-14-24)35-18-28(32)30-26-17-21(29)10-15-27(26)36-23-6-4-3-5-7-23/h3-17,31H,18H2,1-2H3,(H,30,32). The summed E-state index contributed by atoms with van der Waals surface area (Å²) >= 11 is 6.10. The maximum atomic E-state index is 12.8. The van der Waals surface area contributed by atoms with E-state index in [1.807, 2.05) is 44.2 Å².